The molecule has 0 bridgehead atoms. The molecule has 0 amide bonds. The van der Waals surface area contributed by atoms with E-state index in [4.69, 9.17) is 18.9 Å². The summed E-state index contributed by atoms with van der Waals surface area (Å²) >= 11 is 0. The predicted molar refractivity (Wildman–Crippen MR) is 47.5 cm³/mol. The third kappa shape index (κ3) is 4.55. The first-order chi connectivity index (χ1) is 6.83. The van der Waals surface area contributed by atoms with E-state index in [9.17, 15) is 4.79 Å². The fourth-order valence-electron chi connectivity index (χ4n) is 1.03. The Bertz CT molecular complexity index is 165. The van der Waals surface area contributed by atoms with E-state index in [1.807, 2.05) is 6.92 Å². The normalized spacial score (nSPS) is 17.2. The topological polar surface area (TPSA) is 54.0 Å². The number of rotatable bonds is 6. The van der Waals surface area contributed by atoms with Crippen LogP contribution in [0.2, 0.25) is 0 Å². The molecule has 0 aromatic rings. The fourth-order valence-corrected chi connectivity index (χ4v) is 1.03. The van der Waals surface area contributed by atoms with Crippen LogP contribution in [0.15, 0.2) is 0 Å². The van der Waals surface area contributed by atoms with Gasteiger partial charge in [0, 0.05) is 6.42 Å². The molecule has 5 heteroatoms. The summed E-state index contributed by atoms with van der Waals surface area (Å²) in [5.41, 5.74) is 0. The Hall–Kier alpha value is -0.650. The summed E-state index contributed by atoms with van der Waals surface area (Å²) in [6.45, 7) is 3.40. The van der Waals surface area contributed by atoms with Gasteiger partial charge in [0.15, 0.2) is 13.1 Å². The van der Waals surface area contributed by atoms with Gasteiger partial charge in [0.25, 0.3) is 0 Å². The lowest BCUT2D eigenvalue weighted by molar-refractivity contribution is -0.166. The summed E-state index contributed by atoms with van der Waals surface area (Å²) in [6, 6.07) is 0. The van der Waals surface area contributed by atoms with Crippen LogP contribution in [0, 0.1) is 0 Å². The minimum atomic E-state index is -0.306. The van der Waals surface area contributed by atoms with Crippen molar-refractivity contribution < 1.29 is 23.7 Å². The molecule has 1 aliphatic rings. The highest BCUT2D eigenvalue weighted by Gasteiger charge is 2.15. The number of hydrogen-bond donors (Lipinski definition) is 0. The van der Waals surface area contributed by atoms with Crippen LogP contribution < -0.4 is 0 Å². The molecule has 1 heterocycles. The summed E-state index contributed by atoms with van der Waals surface area (Å²) in [5, 5.41) is 0. The number of ether oxygens (including phenoxy) is 4. The fraction of sp³-hybridized carbons (Fsp3) is 0.889. The van der Waals surface area contributed by atoms with Gasteiger partial charge >= 0.3 is 5.97 Å². The van der Waals surface area contributed by atoms with Crippen molar-refractivity contribution in [2.75, 3.05) is 26.6 Å². The van der Waals surface area contributed by atoms with Crippen molar-refractivity contribution in [3.63, 3.8) is 0 Å². The molecular formula is C9H16O5. The van der Waals surface area contributed by atoms with Gasteiger partial charge in [-0.15, -0.1) is 0 Å². The molecule has 1 rings (SSSR count). The van der Waals surface area contributed by atoms with Crippen molar-refractivity contribution in [2.45, 2.75) is 26.1 Å². The van der Waals surface area contributed by atoms with Crippen molar-refractivity contribution in [1.29, 1.82) is 0 Å². The maximum atomic E-state index is 10.9. The minimum absolute atomic E-state index is 0.0257. The van der Waals surface area contributed by atoms with Crippen molar-refractivity contribution >= 4 is 5.97 Å². The van der Waals surface area contributed by atoms with Crippen LogP contribution in [0.4, 0.5) is 0 Å². The lowest BCUT2D eigenvalue weighted by Crippen LogP contribution is -2.18. The van der Waals surface area contributed by atoms with E-state index < -0.39 is 0 Å². The Balaban J connectivity index is 1.90. The Morgan fingerprint density at radius 3 is 2.79 bits per heavy atom. The highest BCUT2D eigenvalue weighted by molar-refractivity contribution is 5.69. The van der Waals surface area contributed by atoms with Crippen LogP contribution in [-0.2, 0) is 23.7 Å². The van der Waals surface area contributed by atoms with Gasteiger partial charge in [0.05, 0.1) is 13.2 Å². The monoisotopic (exact) mass is 204 g/mol. The molecule has 0 aromatic carbocycles. The first-order valence-electron chi connectivity index (χ1n) is 4.79. The minimum Gasteiger partial charge on any atom is -0.438 e. The van der Waals surface area contributed by atoms with Crippen molar-refractivity contribution in [3.05, 3.63) is 0 Å². The quantitative estimate of drug-likeness (QED) is 0.362. The van der Waals surface area contributed by atoms with Gasteiger partial charge in [-0.25, -0.2) is 0 Å². The lowest BCUT2D eigenvalue weighted by Gasteiger charge is -2.09. The molecule has 82 valence electrons. The van der Waals surface area contributed by atoms with E-state index in [1.54, 1.807) is 0 Å². The van der Waals surface area contributed by atoms with E-state index in [1.165, 1.54) is 0 Å². The first-order valence-corrected chi connectivity index (χ1v) is 4.79. The standard InChI is InChI=1S/C9H16O5/c1-2-3-8(10)14-7-11-6-9-12-4-5-13-9/h9H,2-7H2,1H3. The number of carbonyl (C=O) groups is 1. The molecule has 1 fully saturated rings. The Labute approximate surface area is 83.3 Å². The molecule has 0 saturated carbocycles. The molecule has 0 aromatic heterocycles. The zero-order chi connectivity index (χ0) is 10.2. The second kappa shape index (κ2) is 6.75. The summed E-state index contributed by atoms with van der Waals surface area (Å²) in [6.07, 6.45) is 0.910. The molecule has 0 unspecified atom stereocenters. The SMILES string of the molecule is CCCC(=O)OCOCC1OCCO1. The largest absolute Gasteiger partial charge is 0.438 e. The predicted octanol–water partition coefficient (Wildman–Crippen LogP) is 0.677. The molecule has 1 saturated heterocycles. The van der Waals surface area contributed by atoms with Crippen LogP contribution in [0.3, 0.4) is 0 Å². The average Bonchev–Trinajstić information content (AvgIpc) is 2.65. The average molecular weight is 204 g/mol. The van der Waals surface area contributed by atoms with Gasteiger partial charge in [-0.2, -0.15) is 0 Å². The van der Waals surface area contributed by atoms with Gasteiger partial charge in [-0.3, -0.25) is 4.79 Å². The van der Waals surface area contributed by atoms with E-state index in [0.717, 1.165) is 6.42 Å². The van der Waals surface area contributed by atoms with Crippen LogP contribution >= 0.6 is 0 Å². The van der Waals surface area contributed by atoms with Gasteiger partial charge in [-0.1, -0.05) is 6.92 Å². The molecule has 1 aliphatic heterocycles. The maximum absolute atomic E-state index is 10.9. The highest BCUT2D eigenvalue weighted by Crippen LogP contribution is 2.03. The van der Waals surface area contributed by atoms with Gasteiger partial charge in [-0.05, 0) is 6.42 Å². The van der Waals surface area contributed by atoms with Gasteiger partial charge < -0.3 is 18.9 Å². The molecule has 5 nitrogen and oxygen atoms in total. The molecule has 14 heavy (non-hydrogen) atoms. The number of carbonyl (C=O) groups excluding carboxylic acids is 1. The van der Waals surface area contributed by atoms with E-state index >= 15 is 0 Å². The highest BCUT2D eigenvalue weighted by atomic mass is 16.7. The second-order valence-corrected chi connectivity index (χ2v) is 2.93. The number of hydrogen-bond acceptors (Lipinski definition) is 5. The van der Waals surface area contributed by atoms with E-state index in [0.29, 0.717) is 26.2 Å². The number of esters is 1. The summed E-state index contributed by atoms with van der Waals surface area (Å²) in [7, 11) is 0. The summed E-state index contributed by atoms with van der Waals surface area (Å²) < 4.78 is 20.1. The molecule has 0 radical (unpaired) electrons. The Morgan fingerprint density at radius 1 is 1.43 bits per heavy atom. The van der Waals surface area contributed by atoms with Gasteiger partial charge in [0.1, 0.15) is 6.61 Å². The van der Waals surface area contributed by atoms with Crippen molar-refractivity contribution in [1.82, 2.24) is 0 Å². The lowest BCUT2D eigenvalue weighted by atomic mass is 10.3. The molecule has 0 spiro atoms. The Morgan fingerprint density at radius 2 is 2.14 bits per heavy atom. The molecule has 0 atom stereocenters. The smallest absolute Gasteiger partial charge is 0.307 e. The molecule has 0 N–H and O–H groups in total. The third-order valence-corrected chi connectivity index (χ3v) is 1.70. The molecular weight excluding hydrogens is 188 g/mol. The summed E-state index contributed by atoms with van der Waals surface area (Å²) in [4.78, 5) is 10.9. The van der Waals surface area contributed by atoms with Crippen LogP contribution in [-0.4, -0.2) is 38.9 Å². The van der Waals surface area contributed by atoms with Crippen molar-refractivity contribution in [2.24, 2.45) is 0 Å². The van der Waals surface area contributed by atoms with Gasteiger partial charge in [0.2, 0.25) is 0 Å². The zero-order valence-electron chi connectivity index (χ0n) is 8.36. The van der Waals surface area contributed by atoms with Crippen LogP contribution in [0.25, 0.3) is 0 Å². The maximum Gasteiger partial charge on any atom is 0.307 e. The first kappa shape index (κ1) is 11.4. The van der Waals surface area contributed by atoms with Crippen LogP contribution in [0.1, 0.15) is 19.8 Å². The second-order valence-electron chi connectivity index (χ2n) is 2.93. The molecule has 0 aliphatic carbocycles. The Kier molecular flexibility index (Phi) is 5.51. The summed E-state index contributed by atoms with van der Waals surface area (Å²) in [5.74, 6) is -0.235. The van der Waals surface area contributed by atoms with Crippen molar-refractivity contribution in [3.8, 4) is 0 Å². The van der Waals surface area contributed by atoms with E-state index in [2.05, 4.69) is 0 Å². The van der Waals surface area contributed by atoms with Crippen LogP contribution in [0.5, 0.6) is 0 Å². The zero-order valence-corrected chi connectivity index (χ0v) is 8.36. The van der Waals surface area contributed by atoms with E-state index in [-0.39, 0.29) is 19.1 Å². The third-order valence-electron chi connectivity index (χ3n) is 1.70.